The largest absolute Gasteiger partial charge is 0.361 e. The van der Waals surface area contributed by atoms with E-state index < -0.39 is 0 Å². The monoisotopic (exact) mass is 492 g/mol. The summed E-state index contributed by atoms with van der Waals surface area (Å²) in [6, 6.07) is 5.62. The molecule has 0 saturated heterocycles. The molecule has 3 aromatic heterocycles. The average molecular weight is 493 g/mol. The lowest BCUT2D eigenvalue weighted by Gasteiger charge is -2.05. The van der Waals surface area contributed by atoms with Crippen molar-refractivity contribution in [2.75, 3.05) is 0 Å². The molecule has 9 heteroatoms. The quantitative estimate of drug-likeness (QED) is 0.258. The fourth-order valence-electron chi connectivity index (χ4n) is 3.32. The molecule has 0 fully saturated rings. The van der Waals surface area contributed by atoms with Gasteiger partial charge in [0.25, 0.3) is 0 Å². The van der Waals surface area contributed by atoms with Crippen molar-refractivity contribution < 1.29 is 4.52 Å². The van der Waals surface area contributed by atoms with Gasteiger partial charge in [-0.1, -0.05) is 66.5 Å². The maximum absolute atomic E-state index is 6.27. The third-order valence-electron chi connectivity index (χ3n) is 4.75. The van der Waals surface area contributed by atoms with Crippen LogP contribution < -0.4 is 0 Å². The van der Waals surface area contributed by atoms with Crippen LogP contribution in [-0.4, -0.2) is 25.2 Å². The summed E-state index contributed by atoms with van der Waals surface area (Å²) in [6.07, 6.45) is 2.81. The molecule has 0 atom stereocenters. The van der Waals surface area contributed by atoms with Gasteiger partial charge in [-0.05, 0) is 32.4 Å². The highest BCUT2D eigenvalue weighted by Gasteiger charge is 2.21. The smallest absolute Gasteiger partial charge is 0.211 e. The fourth-order valence-corrected chi connectivity index (χ4v) is 6.07. The van der Waals surface area contributed by atoms with Gasteiger partial charge in [-0.15, -0.1) is 11.8 Å². The van der Waals surface area contributed by atoms with Crippen LogP contribution in [0.3, 0.4) is 0 Å². The van der Waals surface area contributed by atoms with Gasteiger partial charge in [0.05, 0.1) is 36.9 Å². The lowest BCUT2D eigenvalue weighted by atomic mass is 10.0. The number of aryl methyl sites for hydroxylation is 3. The molecule has 0 saturated carbocycles. The van der Waals surface area contributed by atoms with Crippen LogP contribution in [0, 0.1) is 13.8 Å². The van der Waals surface area contributed by atoms with Gasteiger partial charge >= 0.3 is 0 Å². The molecule has 1 aromatic carbocycles. The van der Waals surface area contributed by atoms with E-state index in [1.807, 2.05) is 36.9 Å². The number of thiazole rings is 1. The highest BCUT2D eigenvalue weighted by atomic mass is 35.5. The first kappa shape index (κ1) is 22.4. The van der Waals surface area contributed by atoms with Gasteiger partial charge in [0.2, 0.25) is 5.13 Å². The first-order valence-electron chi connectivity index (χ1n) is 9.93. The molecular weight excluding hydrogens is 471 g/mol. The summed E-state index contributed by atoms with van der Waals surface area (Å²) >= 11 is 15.8. The first-order chi connectivity index (χ1) is 14.8. The van der Waals surface area contributed by atoms with E-state index in [1.54, 1.807) is 29.2 Å². The molecular formula is C22H22Cl2N4OS2. The van der Waals surface area contributed by atoms with Gasteiger partial charge in [0, 0.05) is 22.6 Å². The first-order valence-corrected chi connectivity index (χ1v) is 12.4. The molecule has 0 aliphatic heterocycles. The standard InChI is InChI=1S/C22H22Cl2N4OS2/c1-6-18-19(13(5)29-27-18)15-10-28(26-12(15)4)22-25-20(21(31-22)30-11(2)3)14-7-8-16(23)17(24)9-14/h7-11H,6H2,1-5H3. The zero-order valence-corrected chi connectivity index (χ0v) is 21.0. The van der Waals surface area contributed by atoms with E-state index in [9.17, 15) is 0 Å². The summed E-state index contributed by atoms with van der Waals surface area (Å²) in [7, 11) is 0. The van der Waals surface area contributed by atoms with Gasteiger partial charge in [-0.2, -0.15) is 5.10 Å². The lowest BCUT2D eigenvalue weighted by molar-refractivity contribution is 0.391. The van der Waals surface area contributed by atoms with Crippen molar-refractivity contribution in [1.29, 1.82) is 0 Å². The van der Waals surface area contributed by atoms with Crippen molar-refractivity contribution >= 4 is 46.3 Å². The normalized spacial score (nSPS) is 11.6. The Bertz CT molecular complexity index is 1240. The van der Waals surface area contributed by atoms with E-state index in [0.29, 0.717) is 15.3 Å². The summed E-state index contributed by atoms with van der Waals surface area (Å²) in [5.41, 5.74) is 5.70. The van der Waals surface area contributed by atoms with Gasteiger partial charge < -0.3 is 4.52 Å². The Hall–Kier alpha value is -1.80. The van der Waals surface area contributed by atoms with Crippen LogP contribution in [0.1, 0.15) is 37.9 Å². The molecule has 5 nitrogen and oxygen atoms in total. The zero-order valence-electron chi connectivity index (χ0n) is 17.9. The highest BCUT2D eigenvalue weighted by molar-refractivity contribution is 8.01. The van der Waals surface area contributed by atoms with Gasteiger partial charge in [0.1, 0.15) is 5.76 Å². The maximum atomic E-state index is 6.27. The molecule has 4 rings (SSSR count). The molecule has 4 aromatic rings. The minimum absolute atomic E-state index is 0.413. The summed E-state index contributed by atoms with van der Waals surface area (Å²) in [5.74, 6) is 0.797. The second-order valence-electron chi connectivity index (χ2n) is 7.41. The van der Waals surface area contributed by atoms with Crippen LogP contribution >= 0.6 is 46.3 Å². The Balaban J connectivity index is 1.81. The lowest BCUT2D eigenvalue weighted by Crippen LogP contribution is -1.94. The summed E-state index contributed by atoms with van der Waals surface area (Å²) in [5, 5.41) is 11.2. The predicted octanol–water partition coefficient (Wildman–Crippen LogP) is 7.64. The van der Waals surface area contributed by atoms with Crippen LogP contribution in [0.4, 0.5) is 0 Å². The van der Waals surface area contributed by atoms with Gasteiger partial charge in [-0.25, -0.2) is 9.67 Å². The van der Waals surface area contributed by atoms with Crippen molar-refractivity contribution in [2.45, 2.75) is 50.5 Å². The number of hydrogen-bond donors (Lipinski definition) is 0. The Kier molecular flexibility index (Phi) is 6.49. The molecule has 0 aliphatic rings. The molecule has 0 bridgehead atoms. The molecule has 0 amide bonds. The SMILES string of the molecule is CCc1noc(C)c1-c1cn(-c2nc(-c3ccc(Cl)c(Cl)c3)c(SC(C)C)s2)nc1C. The summed E-state index contributed by atoms with van der Waals surface area (Å²) < 4.78 is 8.39. The van der Waals surface area contributed by atoms with E-state index in [4.69, 9.17) is 37.8 Å². The Morgan fingerprint density at radius 1 is 1.19 bits per heavy atom. The second kappa shape index (κ2) is 8.98. The van der Waals surface area contributed by atoms with Crippen LogP contribution in [-0.2, 0) is 6.42 Å². The topological polar surface area (TPSA) is 56.7 Å². The number of thioether (sulfide) groups is 1. The predicted molar refractivity (Wildman–Crippen MR) is 130 cm³/mol. The van der Waals surface area contributed by atoms with Crippen molar-refractivity contribution in [2.24, 2.45) is 0 Å². The number of halogens is 2. The van der Waals surface area contributed by atoms with E-state index in [0.717, 1.165) is 55.3 Å². The second-order valence-corrected chi connectivity index (χ2v) is 11.1. The maximum Gasteiger partial charge on any atom is 0.211 e. The van der Waals surface area contributed by atoms with Crippen molar-refractivity contribution in [3.63, 3.8) is 0 Å². The van der Waals surface area contributed by atoms with Crippen LogP contribution in [0.15, 0.2) is 33.1 Å². The van der Waals surface area contributed by atoms with Crippen molar-refractivity contribution in [3.8, 4) is 27.5 Å². The summed E-state index contributed by atoms with van der Waals surface area (Å²) in [4.78, 5) is 4.93. The third kappa shape index (κ3) is 4.42. The number of rotatable bonds is 6. The van der Waals surface area contributed by atoms with Crippen LogP contribution in [0.25, 0.3) is 27.5 Å². The molecule has 0 radical (unpaired) electrons. The molecule has 162 valence electrons. The number of benzene rings is 1. The molecule has 31 heavy (non-hydrogen) atoms. The molecule has 0 aliphatic carbocycles. The van der Waals surface area contributed by atoms with E-state index in [-0.39, 0.29) is 0 Å². The van der Waals surface area contributed by atoms with E-state index in [1.165, 1.54) is 0 Å². The molecule has 3 heterocycles. The highest BCUT2D eigenvalue weighted by Crippen LogP contribution is 2.41. The van der Waals surface area contributed by atoms with Crippen molar-refractivity contribution in [1.82, 2.24) is 19.9 Å². The van der Waals surface area contributed by atoms with Crippen molar-refractivity contribution in [3.05, 3.63) is 51.6 Å². The zero-order chi connectivity index (χ0) is 22.3. The molecule has 0 unspecified atom stereocenters. The Labute approximate surface area is 199 Å². The molecule has 0 N–H and O–H groups in total. The van der Waals surface area contributed by atoms with Gasteiger partial charge in [-0.3, -0.25) is 0 Å². The fraction of sp³-hybridized carbons (Fsp3) is 0.318. The Morgan fingerprint density at radius 3 is 2.65 bits per heavy atom. The summed E-state index contributed by atoms with van der Waals surface area (Å²) in [6.45, 7) is 10.3. The van der Waals surface area contributed by atoms with Crippen LogP contribution in [0.2, 0.25) is 10.0 Å². The Morgan fingerprint density at radius 2 is 1.97 bits per heavy atom. The number of hydrogen-bond acceptors (Lipinski definition) is 6. The molecule has 0 spiro atoms. The minimum Gasteiger partial charge on any atom is -0.361 e. The van der Waals surface area contributed by atoms with Crippen LogP contribution in [0.5, 0.6) is 0 Å². The average Bonchev–Trinajstić information content (AvgIpc) is 3.40. The number of aromatic nitrogens is 4. The minimum atomic E-state index is 0.413. The van der Waals surface area contributed by atoms with E-state index >= 15 is 0 Å². The van der Waals surface area contributed by atoms with Gasteiger partial charge in [0.15, 0.2) is 0 Å². The number of nitrogens with zero attached hydrogens (tertiary/aromatic N) is 4. The third-order valence-corrected chi connectivity index (χ3v) is 7.75. The van der Waals surface area contributed by atoms with E-state index in [2.05, 4.69) is 25.9 Å².